The van der Waals surface area contributed by atoms with Gasteiger partial charge in [0, 0.05) is 16.5 Å². The van der Waals surface area contributed by atoms with Crippen molar-refractivity contribution in [2.75, 3.05) is 0 Å². The number of carbonyl (C=O) groups is 4. The summed E-state index contributed by atoms with van der Waals surface area (Å²) in [7, 11) is 0. The molecule has 104 valence electrons. The number of hydrogen-bond acceptors (Lipinski definition) is 4. The summed E-state index contributed by atoms with van der Waals surface area (Å²) in [6, 6.07) is 1.48. The zero-order chi connectivity index (χ0) is 14.0. The molecule has 0 bridgehead atoms. The Kier molecular flexibility index (Phi) is 5.21. The Labute approximate surface area is 115 Å². The van der Waals surface area contributed by atoms with Crippen molar-refractivity contribution >= 4 is 23.9 Å². The summed E-state index contributed by atoms with van der Waals surface area (Å²) in [5, 5.41) is 35.2. The topological polar surface area (TPSA) is 149 Å². The summed E-state index contributed by atoms with van der Waals surface area (Å²) >= 11 is 0. The first-order valence-corrected chi connectivity index (χ1v) is 4.37. The van der Waals surface area contributed by atoms with E-state index in [1.165, 1.54) is 0 Å². The van der Waals surface area contributed by atoms with Crippen molar-refractivity contribution < 1.29 is 56.1 Å². The normalized spacial score (nSPS) is 9.26. The minimum atomic E-state index is -1.83. The second-order valence-electron chi connectivity index (χ2n) is 3.13. The number of carboxylic acid groups (broad SMARTS) is 4. The summed E-state index contributed by atoms with van der Waals surface area (Å²) in [6.45, 7) is 0. The van der Waals surface area contributed by atoms with Crippen LogP contribution in [0.4, 0.5) is 0 Å². The number of aromatic carboxylic acids is 4. The fourth-order valence-corrected chi connectivity index (χ4v) is 1.40. The van der Waals surface area contributed by atoms with Crippen LogP contribution in [0.1, 0.15) is 41.4 Å². The van der Waals surface area contributed by atoms with Gasteiger partial charge in [-0.25, -0.2) is 19.2 Å². The van der Waals surface area contributed by atoms with Crippen molar-refractivity contribution in [2.45, 2.75) is 0 Å². The molecular weight excluding hydrogens is 307 g/mol. The molecule has 9 heteroatoms. The first kappa shape index (κ1) is 16.6. The minimum absolute atomic E-state index is 0. The summed E-state index contributed by atoms with van der Waals surface area (Å²) in [6.07, 6.45) is 0. The largest absolute Gasteiger partial charge is 0.478 e. The van der Waals surface area contributed by atoms with E-state index in [2.05, 4.69) is 0 Å². The van der Waals surface area contributed by atoms with Crippen LogP contribution in [0.5, 0.6) is 0 Å². The predicted octanol–water partition coefficient (Wildman–Crippen LogP) is 0.477. The maximum Gasteiger partial charge on any atom is 0.337 e. The van der Waals surface area contributed by atoms with E-state index in [9.17, 15) is 19.2 Å². The van der Waals surface area contributed by atoms with Crippen molar-refractivity contribution in [1.29, 1.82) is 0 Å². The minimum Gasteiger partial charge on any atom is -0.478 e. The Bertz CT molecular complexity index is 526. The van der Waals surface area contributed by atoms with E-state index in [4.69, 9.17) is 20.4 Å². The van der Waals surface area contributed by atoms with E-state index < -0.39 is 46.1 Å². The molecule has 0 spiro atoms. The number of benzene rings is 1. The molecule has 0 saturated heterocycles. The maximum absolute atomic E-state index is 10.9. The van der Waals surface area contributed by atoms with Crippen molar-refractivity contribution in [3.05, 3.63) is 34.4 Å². The molecule has 1 rings (SSSR count). The molecule has 0 radical (unpaired) electrons. The zero-order valence-corrected chi connectivity index (χ0v) is 9.88. The van der Waals surface area contributed by atoms with Crippen molar-refractivity contribution in [1.82, 2.24) is 0 Å². The number of hydrogen-bond donors (Lipinski definition) is 4. The van der Waals surface area contributed by atoms with Crippen LogP contribution in [0.15, 0.2) is 12.1 Å². The smallest absolute Gasteiger partial charge is 0.337 e. The molecule has 19 heavy (non-hydrogen) atoms. The molecule has 0 aliphatic rings. The van der Waals surface area contributed by atoms with Gasteiger partial charge in [-0.1, -0.05) is 0 Å². The van der Waals surface area contributed by atoms with Crippen molar-refractivity contribution in [3.63, 3.8) is 0 Å². The average Bonchev–Trinajstić information content (AvgIpc) is 2.26. The van der Waals surface area contributed by atoms with Gasteiger partial charge >= 0.3 is 23.9 Å². The molecule has 0 unspecified atom stereocenters. The molecule has 0 heterocycles. The van der Waals surface area contributed by atoms with Crippen LogP contribution in [0.2, 0.25) is 0 Å². The molecule has 0 atom stereocenters. The molecule has 0 aliphatic heterocycles. The van der Waals surface area contributed by atoms with Crippen LogP contribution in [0.3, 0.4) is 0 Å². The van der Waals surface area contributed by atoms with Gasteiger partial charge < -0.3 is 20.4 Å². The van der Waals surface area contributed by atoms with Gasteiger partial charge in [0.15, 0.2) is 0 Å². The van der Waals surface area contributed by atoms with E-state index in [1.54, 1.807) is 0 Å². The predicted molar refractivity (Wildman–Crippen MR) is 54.3 cm³/mol. The third-order valence-electron chi connectivity index (χ3n) is 2.09. The molecule has 0 aromatic heterocycles. The Morgan fingerprint density at radius 3 is 1.05 bits per heavy atom. The Morgan fingerprint density at radius 1 is 0.632 bits per heavy atom. The van der Waals surface area contributed by atoms with Gasteiger partial charge in [0.2, 0.25) is 0 Å². The van der Waals surface area contributed by atoms with E-state index in [1.807, 2.05) is 0 Å². The quantitative estimate of drug-likeness (QED) is 0.586. The van der Waals surface area contributed by atoms with Crippen molar-refractivity contribution in [2.24, 2.45) is 0 Å². The summed E-state index contributed by atoms with van der Waals surface area (Å²) in [4.78, 5) is 43.4. The molecule has 0 aliphatic carbocycles. The molecule has 0 amide bonds. The molecular formula is C10H6NiO8. The van der Waals surface area contributed by atoms with Crippen LogP contribution in [0.25, 0.3) is 0 Å². The van der Waals surface area contributed by atoms with Gasteiger partial charge in [0.1, 0.15) is 0 Å². The van der Waals surface area contributed by atoms with E-state index in [0.29, 0.717) is 0 Å². The molecule has 4 N–H and O–H groups in total. The number of carboxylic acids is 4. The second kappa shape index (κ2) is 5.97. The second-order valence-corrected chi connectivity index (χ2v) is 3.13. The fourth-order valence-electron chi connectivity index (χ4n) is 1.40. The van der Waals surface area contributed by atoms with Crippen LogP contribution in [-0.4, -0.2) is 44.3 Å². The van der Waals surface area contributed by atoms with E-state index >= 15 is 0 Å². The average molecular weight is 313 g/mol. The Balaban J connectivity index is 0.00000324. The maximum atomic E-state index is 10.9. The van der Waals surface area contributed by atoms with Gasteiger partial charge in [0.25, 0.3) is 0 Å². The van der Waals surface area contributed by atoms with Gasteiger partial charge in [-0.2, -0.15) is 0 Å². The van der Waals surface area contributed by atoms with Gasteiger partial charge in [-0.05, 0) is 12.1 Å². The van der Waals surface area contributed by atoms with Gasteiger partial charge in [-0.15, -0.1) is 0 Å². The molecule has 0 saturated carbocycles. The zero-order valence-electron chi connectivity index (χ0n) is 8.89. The van der Waals surface area contributed by atoms with Gasteiger partial charge in [0.05, 0.1) is 22.3 Å². The van der Waals surface area contributed by atoms with Crippen LogP contribution >= 0.6 is 0 Å². The molecule has 1 aromatic carbocycles. The Hall–Kier alpha value is -2.41. The molecule has 8 nitrogen and oxygen atoms in total. The van der Waals surface area contributed by atoms with Crippen LogP contribution in [-0.2, 0) is 16.5 Å². The van der Waals surface area contributed by atoms with E-state index in [0.717, 1.165) is 12.1 Å². The summed E-state index contributed by atoms with van der Waals surface area (Å²) < 4.78 is 0. The Morgan fingerprint density at radius 2 is 0.895 bits per heavy atom. The third-order valence-corrected chi connectivity index (χ3v) is 2.09. The monoisotopic (exact) mass is 312 g/mol. The molecule has 1 aromatic rings. The van der Waals surface area contributed by atoms with Gasteiger partial charge in [-0.3, -0.25) is 0 Å². The van der Waals surface area contributed by atoms with Crippen LogP contribution in [0, 0.1) is 0 Å². The molecule has 0 fully saturated rings. The first-order chi connectivity index (χ1) is 8.27. The fraction of sp³-hybridized carbons (Fsp3) is 0. The van der Waals surface area contributed by atoms with Crippen LogP contribution < -0.4 is 0 Å². The van der Waals surface area contributed by atoms with Crippen molar-refractivity contribution in [3.8, 4) is 0 Å². The summed E-state index contributed by atoms with van der Waals surface area (Å²) in [5.74, 6) is -6.97. The first-order valence-electron chi connectivity index (χ1n) is 4.37. The number of rotatable bonds is 4. The van der Waals surface area contributed by atoms with E-state index in [-0.39, 0.29) is 16.5 Å². The standard InChI is InChI=1S/C10H6O8.Ni/c11-7(12)3-1-2-4(8(13)14)6(10(17)18)5(3)9(15)16;/h1-2H,(H,11,12)(H,13,14)(H,15,16)(H,17,18);. The summed E-state index contributed by atoms with van der Waals surface area (Å²) in [5.41, 5.74) is -3.69. The SMILES string of the molecule is O=C(O)c1ccc(C(=O)O)c(C(=O)O)c1C(=O)O.[Ni]. The third kappa shape index (κ3) is 3.08.